The molecule has 0 unspecified atom stereocenters. The highest BCUT2D eigenvalue weighted by atomic mass is 16.5. The van der Waals surface area contributed by atoms with E-state index in [4.69, 9.17) is 4.74 Å². The van der Waals surface area contributed by atoms with Gasteiger partial charge in [-0.1, -0.05) is 13.8 Å². The van der Waals surface area contributed by atoms with Gasteiger partial charge in [-0.05, 0) is 30.2 Å². The van der Waals surface area contributed by atoms with E-state index in [1.807, 2.05) is 26.0 Å². The van der Waals surface area contributed by atoms with Gasteiger partial charge in [0, 0.05) is 51.5 Å². The molecular weight excluding hydrogens is 332 g/mol. The van der Waals surface area contributed by atoms with Crippen LogP contribution in [0.2, 0.25) is 0 Å². The highest BCUT2D eigenvalue weighted by Gasteiger charge is 2.18. The van der Waals surface area contributed by atoms with Crippen LogP contribution < -0.4 is 20.3 Å². The first-order valence-corrected chi connectivity index (χ1v) is 9.17. The summed E-state index contributed by atoms with van der Waals surface area (Å²) in [6, 6.07) is 8.10. The smallest absolute Gasteiger partial charge is 0.309 e. The Kier molecular flexibility index (Phi) is 7.72. The summed E-state index contributed by atoms with van der Waals surface area (Å²) >= 11 is 0. The van der Waals surface area contributed by atoms with Crippen LogP contribution in [-0.4, -0.2) is 69.6 Å². The molecule has 0 atom stereocenters. The molecule has 2 amide bonds. The molecule has 0 spiro atoms. The third-order valence-electron chi connectivity index (χ3n) is 4.40. The largest absolute Gasteiger partial charge is 0.497 e. The molecule has 0 bridgehead atoms. The monoisotopic (exact) mass is 362 g/mol. The van der Waals surface area contributed by atoms with Gasteiger partial charge >= 0.3 is 11.8 Å². The number of methoxy groups -OCH3 is 1. The highest BCUT2D eigenvalue weighted by molar-refractivity contribution is 6.35. The molecule has 7 nitrogen and oxygen atoms in total. The van der Waals surface area contributed by atoms with Crippen LogP contribution in [0.25, 0.3) is 0 Å². The molecule has 0 saturated carbocycles. The van der Waals surface area contributed by atoms with E-state index in [0.717, 1.165) is 38.5 Å². The second-order valence-corrected chi connectivity index (χ2v) is 6.89. The van der Waals surface area contributed by atoms with E-state index < -0.39 is 11.8 Å². The molecule has 2 rings (SSSR count). The van der Waals surface area contributed by atoms with Crippen molar-refractivity contribution in [2.45, 2.75) is 13.8 Å². The van der Waals surface area contributed by atoms with Crippen LogP contribution >= 0.6 is 0 Å². The first-order valence-electron chi connectivity index (χ1n) is 9.17. The lowest BCUT2D eigenvalue weighted by molar-refractivity contribution is -0.139. The molecule has 0 aliphatic carbocycles. The summed E-state index contributed by atoms with van der Waals surface area (Å²) in [6.07, 6.45) is 0. The lowest BCUT2D eigenvalue weighted by Crippen LogP contribution is -2.49. The van der Waals surface area contributed by atoms with Crippen molar-refractivity contribution in [2.75, 3.05) is 57.8 Å². The third kappa shape index (κ3) is 6.22. The Hall–Kier alpha value is -2.28. The van der Waals surface area contributed by atoms with Crippen LogP contribution in [0.4, 0.5) is 5.69 Å². The van der Waals surface area contributed by atoms with Crippen LogP contribution in [0.15, 0.2) is 24.3 Å². The Balaban J connectivity index is 1.65. The topological polar surface area (TPSA) is 73.9 Å². The van der Waals surface area contributed by atoms with Gasteiger partial charge in [0.2, 0.25) is 0 Å². The fraction of sp³-hybridized carbons (Fsp3) is 0.579. The van der Waals surface area contributed by atoms with E-state index in [2.05, 4.69) is 32.6 Å². The van der Waals surface area contributed by atoms with E-state index in [1.165, 1.54) is 5.69 Å². The van der Waals surface area contributed by atoms with E-state index in [1.54, 1.807) is 7.11 Å². The van der Waals surface area contributed by atoms with Crippen molar-refractivity contribution in [3.8, 4) is 5.75 Å². The summed E-state index contributed by atoms with van der Waals surface area (Å²) in [5.41, 5.74) is 1.19. The standard InChI is InChI=1S/C19H30N4O3/c1-15(2)14-21-19(25)18(24)20-8-9-22-10-12-23(13-11-22)16-4-6-17(26-3)7-5-16/h4-7,15H,8-14H2,1-3H3,(H,20,24)(H,21,25). The number of carbonyl (C=O) groups is 2. The lowest BCUT2D eigenvalue weighted by atomic mass is 10.2. The molecular formula is C19H30N4O3. The zero-order valence-electron chi connectivity index (χ0n) is 16.0. The molecule has 0 aromatic heterocycles. The summed E-state index contributed by atoms with van der Waals surface area (Å²) in [5.74, 6) is 0.0832. The molecule has 1 aliphatic rings. The number of ether oxygens (including phenoxy) is 1. The van der Waals surface area contributed by atoms with Gasteiger partial charge in [-0.3, -0.25) is 14.5 Å². The van der Waals surface area contributed by atoms with E-state index >= 15 is 0 Å². The van der Waals surface area contributed by atoms with E-state index in [0.29, 0.717) is 19.0 Å². The Labute approximate surface area is 155 Å². The van der Waals surface area contributed by atoms with Gasteiger partial charge in [-0.15, -0.1) is 0 Å². The van der Waals surface area contributed by atoms with Gasteiger partial charge in [0.1, 0.15) is 5.75 Å². The first-order chi connectivity index (χ1) is 12.5. The molecule has 1 aromatic rings. The van der Waals surface area contributed by atoms with E-state index in [-0.39, 0.29) is 0 Å². The van der Waals surface area contributed by atoms with Crippen molar-refractivity contribution >= 4 is 17.5 Å². The number of amides is 2. The number of hydrogen-bond acceptors (Lipinski definition) is 5. The molecule has 1 aromatic carbocycles. The van der Waals surface area contributed by atoms with Crippen molar-refractivity contribution in [3.05, 3.63) is 24.3 Å². The number of benzene rings is 1. The summed E-state index contributed by atoms with van der Waals surface area (Å²) in [5, 5.41) is 5.31. The van der Waals surface area contributed by atoms with Crippen molar-refractivity contribution in [1.29, 1.82) is 0 Å². The van der Waals surface area contributed by atoms with Gasteiger partial charge in [0.15, 0.2) is 0 Å². The van der Waals surface area contributed by atoms with Gasteiger partial charge in [-0.2, -0.15) is 0 Å². The zero-order valence-corrected chi connectivity index (χ0v) is 16.0. The molecule has 2 N–H and O–H groups in total. The summed E-state index contributed by atoms with van der Waals surface area (Å²) in [7, 11) is 1.67. The van der Waals surface area contributed by atoms with E-state index in [9.17, 15) is 9.59 Å². The summed E-state index contributed by atoms with van der Waals surface area (Å²) in [4.78, 5) is 28.0. The van der Waals surface area contributed by atoms with Crippen LogP contribution in [0.3, 0.4) is 0 Å². The second-order valence-electron chi connectivity index (χ2n) is 6.89. The third-order valence-corrected chi connectivity index (χ3v) is 4.40. The maximum Gasteiger partial charge on any atom is 0.309 e. The van der Waals surface area contributed by atoms with Crippen LogP contribution in [-0.2, 0) is 9.59 Å². The number of piperazine rings is 1. The molecule has 1 fully saturated rings. The predicted molar refractivity (Wildman–Crippen MR) is 103 cm³/mol. The summed E-state index contributed by atoms with van der Waals surface area (Å²) in [6.45, 7) is 9.47. The van der Waals surface area contributed by atoms with Crippen molar-refractivity contribution in [2.24, 2.45) is 5.92 Å². The molecule has 1 saturated heterocycles. The number of nitrogens with one attached hydrogen (secondary N) is 2. The fourth-order valence-corrected chi connectivity index (χ4v) is 2.81. The highest BCUT2D eigenvalue weighted by Crippen LogP contribution is 2.20. The lowest BCUT2D eigenvalue weighted by Gasteiger charge is -2.36. The molecule has 26 heavy (non-hydrogen) atoms. The van der Waals surface area contributed by atoms with Gasteiger partial charge in [0.25, 0.3) is 0 Å². The van der Waals surface area contributed by atoms with Gasteiger partial charge in [0.05, 0.1) is 7.11 Å². The van der Waals surface area contributed by atoms with Crippen molar-refractivity contribution < 1.29 is 14.3 Å². The number of hydrogen-bond donors (Lipinski definition) is 2. The van der Waals surface area contributed by atoms with Crippen LogP contribution in [0, 0.1) is 5.92 Å². The Bertz CT molecular complexity index is 581. The number of rotatable bonds is 7. The molecule has 1 aliphatic heterocycles. The number of carbonyl (C=O) groups excluding carboxylic acids is 2. The Morgan fingerprint density at radius 1 is 1.04 bits per heavy atom. The second kappa shape index (κ2) is 10.0. The predicted octanol–water partition coefficient (Wildman–Crippen LogP) is 0.706. The maximum absolute atomic E-state index is 11.7. The average Bonchev–Trinajstić information content (AvgIpc) is 2.66. The fourth-order valence-electron chi connectivity index (χ4n) is 2.81. The molecule has 144 valence electrons. The first kappa shape index (κ1) is 20.0. The van der Waals surface area contributed by atoms with Crippen LogP contribution in [0.1, 0.15) is 13.8 Å². The minimum atomic E-state index is -0.553. The van der Waals surface area contributed by atoms with Gasteiger partial charge < -0.3 is 20.3 Å². The normalized spacial score (nSPS) is 15.0. The quantitative estimate of drug-likeness (QED) is 0.699. The summed E-state index contributed by atoms with van der Waals surface area (Å²) < 4.78 is 5.19. The van der Waals surface area contributed by atoms with Gasteiger partial charge in [-0.25, -0.2) is 0 Å². The Morgan fingerprint density at radius 3 is 2.23 bits per heavy atom. The van der Waals surface area contributed by atoms with Crippen molar-refractivity contribution in [1.82, 2.24) is 15.5 Å². The zero-order chi connectivity index (χ0) is 18.9. The maximum atomic E-state index is 11.7. The number of nitrogens with zero attached hydrogens (tertiary/aromatic N) is 2. The van der Waals surface area contributed by atoms with Crippen molar-refractivity contribution in [3.63, 3.8) is 0 Å². The minimum Gasteiger partial charge on any atom is -0.497 e. The SMILES string of the molecule is COc1ccc(N2CCN(CCNC(=O)C(=O)NCC(C)C)CC2)cc1. The molecule has 1 heterocycles. The Morgan fingerprint density at radius 2 is 1.65 bits per heavy atom. The molecule has 7 heteroatoms. The minimum absolute atomic E-state index is 0.328. The van der Waals surface area contributed by atoms with Crippen LogP contribution in [0.5, 0.6) is 5.75 Å². The average molecular weight is 362 g/mol. The number of anilines is 1. The molecule has 0 radical (unpaired) electrons.